The third-order valence-electron chi connectivity index (χ3n) is 3.81. The summed E-state index contributed by atoms with van der Waals surface area (Å²) in [4.78, 5) is 16.6. The minimum absolute atomic E-state index is 0.0155. The molecule has 0 spiro atoms. The third-order valence-corrected chi connectivity index (χ3v) is 3.81. The molecule has 1 amide bonds. The van der Waals surface area contributed by atoms with Crippen LogP contribution in [-0.2, 0) is 11.3 Å². The lowest BCUT2D eigenvalue weighted by Crippen LogP contribution is -2.19. The fourth-order valence-corrected chi connectivity index (χ4v) is 2.57. The van der Waals surface area contributed by atoms with Crippen molar-refractivity contribution in [1.82, 2.24) is 19.2 Å². The van der Waals surface area contributed by atoms with Crippen molar-refractivity contribution in [1.29, 1.82) is 0 Å². The normalized spacial score (nSPS) is 12.4. The number of anilines is 1. The molecule has 3 rings (SSSR count). The summed E-state index contributed by atoms with van der Waals surface area (Å²) >= 11 is 0. The molecule has 1 atom stereocenters. The Morgan fingerprint density at radius 3 is 3.00 bits per heavy atom. The van der Waals surface area contributed by atoms with E-state index >= 15 is 0 Å². The summed E-state index contributed by atoms with van der Waals surface area (Å²) < 4.78 is 3.76. The van der Waals surface area contributed by atoms with Crippen LogP contribution in [0.2, 0.25) is 0 Å². The van der Waals surface area contributed by atoms with E-state index < -0.39 is 0 Å². The van der Waals surface area contributed by atoms with Gasteiger partial charge in [0.1, 0.15) is 5.65 Å². The highest BCUT2D eigenvalue weighted by Gasteiger charge is 2.13. The zero-order chi connectivity index (χ0) is 16.2. The predicted octanol–water partition coefficient (Wildman–Crippen LogP) is 2.95. The average molecular weight is 311 g/mol. The van der Waals surface area contributed by atoms with Crippen molar-refractivity contribution in [3.8, 4) is 0 Å². The zero-order valence-electron chi connectivity index (χ0n) is 13.4. The van der Waals surface area contributed by atoms with E-state index in [0.717, 1.165) is 29.9 Å². The highest BCUT2D eigenvalue weighted by molar-refractivity contribution is 5.91. The number of amides is 1. The van der Waals surface area contributed by atoms with Crippen molar-refractivity contribution in [3.63, 3.8) is 0 Å². The molecule has 6 heteroatoms. The number of hydrogen-bond acceptors (Lipinski definition) is 3. The van der Waals surface area contributed by atoms with Crippen molar-refractivity contribution in [2.24, 2.45) is 5.92 Å². The second kappa shape index (κ2) is 6.64. The minimum Gasteiger partial charge on any atom is -0.323 e. The number of hydrogen-bond donors (Lipinski definition) is 1. The van der Waals surface area contributed by atoms with Crippen molar-refractivity contribution in [3.05, 3.63) is 48.7 Å². The van der Waals surface area contributed by atoms with Gasteiger partial charge in [-0.1, -0.05) is 26.3 Å². The molecule has 0 radical (unpaired) electrons. The Hall–Kier alpha value is -2.63. The van der Waals surface area contributed by atoms with Crippen LogP contribution in [0.15, 0.2) is 43.0 Å². The van der Waals surface area contributed by atoms with Gasteiger partial charge in [0, 0.05) is 24.5 Å². The van der Waals surface area contributed by atoms with Crippen LogP contribution in [0.25, 0.3) is 5.65 Å². The fraction of sp³-hybridized carbons (Fsp3) is 0.353. The van der Waals surface area contributed by atoms with E-state index in [2.05, 4.69) is 22.3 Å². The van der Waals surface area contributed by atoms with Gasteiger partial charge in [-0.15, -0.1) is 0 Å². The van der Waals surface area contributed by atoms with Gasteiger partial charge in [-0.3, -0.25) is 9.48 Å². The lowest BCUT2D eigenvalue weighted by Gasteiger charge is -2.09. The summed E-state index contributed by atoms with van der Waals surface area (Å²) in [6, 6.07) is 5.90. The second-order valence-electron chi connectivity index (χ2n) is 5.80. The van der Waals surface area contributed by atoms with Gasteiger partial charge in [0.15, 0.2) is 0 Å². The number of imidazole rings is 1. The van der Waals surface area contributed by atoms with E-state index in [0.29, 0.717) is 6.54 Å². The Morgan fingerprint density at radius 1 is 1.35 bits per heavy atom. The average Bonchev–Trinajstić information content (AvgIpc) is 3.13. The first-order valence-electron chi connectivity index (χ1n) is 7.91. The Morgan fingerprint density at radius 2 is 2.22 bits per heavy atom. The molecule has 3 heterocycles. The Balaban J connectivity index is 1.66. The number of fused-ring (bicyclic) bond motifs is 1. The van der Waals surface area contributed by atoms with Crippen molar-refractivity contribution in [2.45, 2.75) is 33.2 Å². The van der Waals surface area contributed by atoms with Crippen LogP contribution in [0.4, 0.5) is 5.69 Å². The lowest BCUT2D eigenvalue weighted by atomic mass is 10.1. The zero-order valence-corrected chi connectivity index (χ0v) is 13.4. The molecule has 120 valence electrons. The first-order valence-corrected chi connectivity index (χ1v) is 7.91. The van der Waals surface area contributed by atoms with E-state index in [-0.39, 0.29) is 11.8 Å². The largest absolute Gasteiger partial charge is 0.323 e. The van der Waals surface area contributed by atoms with Crippen molar-refractivity contribution >= 4 is 17.2 Å². The van der Waals surface area contributed by atoms with Crippen molar-refractivity contribution < 1.29 is 4.79 Å². The smallest absolute Gasteiger partial charge is 0.227 e. The molecule has 6 nitrogen and oxygen atoms in total. The quantitative estimate of drug-likeness (QED) is 0.761. The summed E-state index contributed by atoms with van der Waals surface area (Å²) in [7, 11) is 0. The SMILES string of the molecule is CCC[C@H](C)C(=O)Nc1cnn(Cc2cn3ccccc3n2)c1. The maximum Gasteiger partial charge on any atom is 0.227 e. The number of nitrogens with one attached hydrogen (secondary N) is 1. The molecule has 0 saturated carbocycles. The van der Waals surface area contributed by atoms with Crippen molar-refractivity contribution in [2.75, 3.05) is 5.32 Å². The molecule has 23 heavy (non-hydrogen) atoms. The number of pyridine rings is 1. The Kier molecular flexibility index (Phi) is 4.41. The van der Waals surface area contributed by atoms with Crippen LogP contribution in [0.5, 0.6) is 0 Å². The van der Waals surface area contributed by atoms with Gasteiger partial charge in [-0.25, -0.2) is 4.98 Å². The lowest BCUT2D eigenvalue weighted by molar-refractivity contribution is -0.119. The van der Waals surface area contributed by atoms with Gasteiger partial charge in [0.2, 0.25) is 5.91 Å². The van der Waals surface area contributed by atoms with Crippen LogP contribution in [0.1, 0.15) is 32.4 Å². The fourth-order valence-electron chi connectivity index (χ4n) is 2.57. The third kappa shape index (κ3) is 3.59. The van der Waals surface area contributed by atoms with Gasteiger partial charge in [-0.2, -0.15) is 5.10 Å². The van der Waals surface area contributed by atoms with E-state index in [1.807, 2.05) is 48.1 Å². The highest BCUT2D eigenvalue weighted by Crippen LogP contribution is 2.12. The van der Waals surface area contributed by atoms with E-state index in [4.69, 9.17) is 0 Å². The molecular formula is C17H21N5O. The molecule has 0 aliphatic rings. The first-order chi connectivity index (χ1) is 11.2. The topological polar surface area (TPSA) is 64.2 Å². The first kappa shape index (κ1) is 15.3. The molecule has 0 fully saturated rings. The predicted molar refractivity (Wildman–Crippen MR) is 89.2 cm³/mol. The molecule has 3 aromatic heterocycles. The van der Waals surface area contributed by atoms with Crippen LogP contribution < -0.4 is 5.32 Å². The number of rotatable bonds is 6. The molecule has 0 unspecified atom stereocenters. The number of aromatic nitrogens is 4. The van der Waals surface area contributed by atoms with Gasteiger partial charge in [0.25, 0.3) is 0 Å². The van der Waals surface area contributed by atoms with Crippen LogP contribution in [0, 0.1) is 5.92 Å². The number of carbonyl (C=O) groups is 1. The van der Waals surface area contributed by atoms with E-state index in [1.54, 1.807) is 10.9 Å². The summed E-state index contributed by atoms with van der Waals surface area (Å²) in [5, 5.41) is 7.20. The van der Waals surface area contributed by atoms with Gasteiger partial charge in [-0.05, 0) is 18.6 Å². The summed E-state index contributed by atoms with van der Waals surface area (Å²) in [6.45, 7) is 4.60. The second-order valence-corrected chi connectivity index (χ2v) is 5.80. The Bertz CT molecular complexity index is 771. The van der Waals surface area contributed by atoms with Gasteiger partial charge >= 0.3 is 0 Å². The van der Waals surface area contributed by atoms with E-state index in [9.17, 15) is 4.79 Å². The highest BCUT2D eigenvalue weighted by atomic mass is 16.1. The molecule has 0 saturated heterocycles. The van der Waals surface area contributed by atoms with Gasteiger partial charge < -0.3 is 9.72 Å². The van der Waals surface area contributed by atoms with E-state index in [1.165, 1.54) is 0 Å². The maximum atomic E-state index is 12.0. The molecule has 0 aliphatic heterocycles. The number of nitrogens with zero attached hydrogens (tertiary/aromatic N) is 4. The summed E-state index contributed by atoms with van der Waals surface area (Å²) in [5.74, 6) is 0.0564. The standard InChI is InChI=1S/C17H21N5O/c1-3-6-13(2)17(23)20-14-9-18-22(11-14)12-15-10-21-8-5-4-7-16(21)19-15/h4-5,7-11,13H,3,6,12H2,1-2H3,(H,20,23)/t13-/m0/s1. The Labute approximate surface area is 135 Å². The van der Waals surface area contributed by atoms with Crippen LogP contribution >= 0.6 is 0 Å². The minimum atomic E-state index is 0.0155. The molecule has 0 aliphatic carbocycles. The maximum absolute atomic E-state index is 12.0. The van der Waals surface area contributed by atoms with Gasteiger partial charge in [0.05, 0.1) is 24.1 Å². The van der Waals surface area contributed by atoms with Crippen LogP contribution in [0.3, 0.4) is 0 Å². The number of carbonyl (C=O) groups excluding carboxylic acids is 1. The molecule has 1 N–H and O–H groups in total. The van der Waals surface area contributed by atoms with Crippen LogP contribution in [-0.4, -0.2) is 25.1 Å². The molecule has 0 bridgehead atoms. The summed E-state index contributed by atoms with van der Waals surface area (Å²) in [6.07, 6.45) is 9.35. The molecule has 3 aromatic rings. The molecule has 0 aromatic carbocycles. The molecular weight excluding hydrogens is 290 g/mol. The summed E-state index contributed by atoms with van der Waals surface area (Å²) in [5.41, 5.74) is 2.56. The monoisotopic (exact) mass is 311 g/mol.